The normalized spacial score (nSPS) is 23.5. The molecule has 20 heavy (non-hydrogen) atoms. The van der Waals surface area contributed by atoms with Crippen molar-refractivity contribution in [2.24, 2.45) is 0 Å². The molecule has 0 aromatic rings. The van der Waals surface area contributed by atoms with Crippen LogP contribution < -0.4 is 5.32 Å². The largest absolute Gasteiger partial charge is 0.497 e. The van der Waals surface area contributed by atoms with Crippen molar-refractivity contribution in [3.05, 3.63) is 11.8 Å². The third-order valence-electron chi connectivity index (χ3n) is 5.06. The topological polar surface area (TPSA) is 24.5 Å². The highest BCUT2D eigenvalue weighted by atomic mass is 16.5. The Hall–Kier alpha value is -0.540. The Labute approximate surface area is 124 Å². The fraction of sp³-hybridized carbons (Fsp3) is 0.882. The molecule has 1 aliphatic carbocycles. The fourth-order valence-corrected chi connectivity index (χ4v) is 4.17. The Morgan fingerprint density at radius 2 is 1.90 bits per heavy atom. The lowest BCUT2D eigenvalue weighted by Gasteiger charge is -2.47. The number of nitrogens with zero attached hydrogens (tertiary/aromatic N) is 1. The fourth-order valence-electron chi connectivity index (χ4n) is 4.17. The lowest BCUT2D eigenvalue weighted by molar-refractivity contribution is 0.0438. The van der Waals surface area contributed by atoms with E-state index in [0.717, 1.165) is 26.2 Å². The first kappa shape index (κ1) is 15.8. The molecule has 2 aliphatic rings. The third kappa shape index (κ3) is 3.04. The van der Waals surface area contributed by atoms with Crippen molar-refractivity contribution in [3.63, 3.8) is 0 Å². The van der Waals surface area contributed by atoms with Crippen LogP contribution in [-0.4, -0.2) is 42.7 Å². The number of ether oxygens (including phenoxy) is 1. The standard InChI is InChI=1S/C17H32N2O/c1-4-18-16(15-11-7-10-14-20-15)17(12-8-9-13-17)19(5-2)6-3/h11,16,18H,4-10,12-14H2,1-3H3. The van der Waals surface area contributed by atoms with Crippen molar-refractivity contribution in [2.75, 3.05) is 26.2 Å². The Balaban J connectivity index is 2.29. The molecule has 1 unspecified atom stereocenters. The molecular formula is C17H32N2O. The maximum atomic E-state index is 6.04. The lowest BCUT2D eigenvalue weighted by atomic mass is 9.83. The smallest absolute Gasteiger partial charge is 0.111 e. The van der Waals surface area contributed by atoms with E-state index in [4.69, 9.17) is 4.74 Å². The van der Waals surface area contributed by atoms with Gasteiger partial charge < -0.3 is 10.1 Å². The van der Waals surface area contributed by atoms with E-state index in [9.17, 15) is 0 Å². The molecule has 0 radical (unpaired) electrons. The summed E-state index contributed by atoms with van der Waals surface area (Å²) in [6, 6.07) is 0.371. The van der Waals surface area contributed by atoms with Crippen LogP contribution in [-0.2, 0) is 4.74 Å². The zero-order valence-corrected chi connectivity index (χ0v) is 13.6. The Kier molecular flexibility index (Phi) is 5.91. The van der Waals surface area contributed by atoms with Crippen LogP contribution >= 0.6 is 0 Å². The van der Waals surface area contributed by atoms with E-state index in [1.165, 1.54) is 44.3 Å². The van der Waals surface area contributed by atoms with Gasteiger partial charge in [0.2, 0.25) is 0 Å². The SMILES string of the molecule is CCNC(C1=CCCCO1)C1(N(CC)CC)CCCC1. The van der Waals surface area contributed by atoms with Gasteiger partial charge >= 0.3 is 0 Å². The Morgan fingerprint density at radius 3 is 2.40 bits per heavy atom. The van der Waals surface area contributed by atoms with Crippen molar-refractivity contribution >= 4 is 0 Å². The van der Waals surface area contributed by atoms with Gasteiger partial charge in [0.05, 0.1) is 12.6 Å². The van der Waals surface area contributed by atoms with Crippen molar-refractivity contribution in [1.82, 2.24) is 10.2 Å². The van der Waals surface area contributed by atoms with E-state index < -0.39 is 0 Å². The van der Waals surface area contributed by atoms with Crippen LogP contribution in [0, 0.1) is 0 Å². The molecule has 1 heterocycles. The highest BCUT2D eigenvalue weighted by Gasteiger charge is 2.46. The first-order valence-electron chi connectivity index (χ1n) is 8.59. The van der Waals surface area contributed by atoms with Gasteiger partial charge in [-0.05, 0) is 51.4 Å². The average Bonchev–Trinajstić information content (AvgIpc) is 2.97. The van der Waals surface area contributed by atoms with Gasteiger partial charge in [-0.15, -0.1) is 0 Å². The summed E-state index contributed by atoms with van der Waals surface area (Å²) >= 11 is 0. The molecule has 1 N–H and O–H groups in total. The summed E-state index contributed by atoms with van der Waals surface area (Å²) in [7, 11) is 0. The van der Waals surface area contributed by atoms with Gasteiger partial charge in [-0.25, -0.2) is 0 Å². The zero-order valence-electron chi connectivity index (χ0n) is 13.6. The number of hydrogen-bond donors (Lipinski definition) is 1. The highest BCUT2D eigenvalue weighted by Crippen LogP contribution is 2.41. The van der Waals surface area contributed by atoms with E-state index in [2.05, 4.69) is 37.1 Å². The molecule has 1 atom stereocenters. The number of allylic oxidation sites excluding steroid dienone is 1. The van der Waals surface area contributed by atoms with Crippen LogP contribution in [0.1, 0.15) is 59.3 Å². The van der Waals surface area contributed by atoms with E-state index in [1.807, 2.05) is 0 Å². The van der Waals surface area contributed by atoms with E-state index in [0.29, 0.717) is 6.04 Å². The summed E-state index contributed by atoms with van der Waals surface area (Å²) in [5, 5.41) is 3.75. The molecule has 1 aliphatic heterocycles. The maximum Gasteiger partial charge on any atom is 0.111 e. The number of likely N-dealkylation sites (N-methyl/N-ethyl adjacent to an activating group) is 2. The quantitative estimate of drug-likeness (QED) is 0.774. The van der Waals surface area contributed by atoms with E-state index in [-0.39, 0.29) is 5.54 Å². The second-order valence-corrected chi connectivity index (χ2v) is 6.07. The first-order chi connectivity index (χ1) is 9.78. The lowest BCUT2D eigenvalue weighted by Crippen LogP contribution is -2.61. The average molecular weight is 280 g/mol. The van der Waals surface area contributed by atoms with Gasteiger partial charge in [0.25, 0.3) is 0 Å². The molecular weight excluding hydrogens is 248 g/mol. The number of hydrogen-bond acceptors (Lipinski definition) is 3. The first-order valence-corrected chi connectivity index (χ1v) is 8.59. The molecule has 116 valence electrons. The summed E-state index contributed by atoms with van der Waals surface area (Å²) in [5.74, 6) is 1.21. The van der Waals surface area contributed by atoms with Gasteiger partial charge in [0, 0.05) is 5.54 Å². The summed E-state index contributed by atoms with van der Waals surface area (Å²) in [6.45, 7) is 11.0. The number of rotatable bonds is 7. The molecule has 1 saturated carbocycles. The van der Waals surface area contributed by atoms with Crippen LogP contribution in [0.25, 0.3) is 0 Å². The van der Waals surface area contributed by atoms with Gasteiger partial charge in [-0.1, -0.05) is 33.6 Å². The molecule has 3 heteroatoms. The van der Waals surface area contributed by atoms with Gasteiger partial charge in [0.15, 0.2) is 0 Å². The second kappa shape index (κ2) is 7.46. The maximum absolute atomic E-state index is 6.04. The molecule has 0 aromatic heterocycles. The third-order valence-corrected chi connectivity index (χ3v) is 5.06. The molecule has 0 bridgehead atoms. The molecule has 0 spiro atoms. The van der Waals surface area contributed by atoms with Crippen LogP contribution in [0.4, 0.5) is 0 Å². The van der Waals surface area contributed by atoms with Crippen LogP contribution in [0.5, 0.6) is 0 Å². The minimum Gasteiger partial charge on any atom is -0.497 e. The van der Waals surface area contributed by atoms with E-state index in [1.54, 1.807) is 0 Å². The van der Waals surface area contributed by atoms with Crippen molar-refractivity contribution in [3.8, 4) is 0 Å². The van der Waals surface area contributed by atoms with Crippen molar-refractivity contribution < 1.29 is 4.74 Å². The predicted molar refractivity (Wildman–Crippen MR) is 84.9 cm³/mol. The number of nitrogens with one attached hydrogen (secondary N) is 1. The molecule has 3 nitrogen and oxygen atoms in total. The van der Waals surface area contributed by atoms with Gasteiger partial charge in [0.1, 0.15) is 5.76 Å². The summed E-state index contributed by atoms with van der Waals surface area (Å²) in [6.07, 6.45) is 9.98. The predicted octanol–water partition coefficient (Wildman–Crippen LogP) is 3.31. The molecule has 2 rings (SSSR count). The van der Waals surface area contributed by atoms with Crippen LogP contribution in [0.3, 0.4) is 0 Å². The highest BCUT2D eigenvalue weighted by molar-refractivity contribution is 5.18. The van der Waals surface area contributed by atoms with Crippen LogP contribution in [0.2, 0.25) is 0 Å². The second-order valence-electron chi connectivity index (χ2n) is 6.07. The molecule has 0 aromatic carbocycles. The molecule has 1 fully saturated rings. The van der Waals surface area contributed by atoms with Crippen molar-refractivity contribution in [1.29, 1.82) is 0 Å². The van der Waals surface area contributed by atoms with Crippen LogP contribution in [0.15, 0.2) is 11.8 Å². The van der Waals surface area contributed by atoms with E-state index >= 15 is 0 Å². The molecule has 0 saturated heterocycles. The van der Waals surface area contributed by atoms with Crippen molar-refractivity contribution in [2.45, 2.75) is 70.9 Å². The minimum atomic E-state index is 0.267. The van der Waals surface area contributed by atoms with Gasteiger partial charge in [-0.3, -0.25) is 4.90 Å². The summed E-state index contributed by atoms with van der Waals surface area (Å²) < 4.78 is 6.04. The summed E-state index contributed by atoms with van der Waals surface area (Å²) in [4.78, 5) is 2.67. The monoisotopic (exact) mass is 280 g/mol. The van der Waals surface area contributed by atoms with Gasteiger partial charge in [-0.2, -0.15) is 0 Å². The summed E-state index contributed by atoms with van der Waals surface area (Å²) in [5.41, 5.74) is 0.267. The Bertz CT molecular complexity index is 317. The minimum absolute atomic E-state index is 0.267. The molecule has 0 amide bonds. The Morgan fingerprint density at radius 1 is 1.20 bits per heavy atom. The zero-order chi connectivity index (χ0) is 14.4.